The molecule has 0 aliphatic carbocycles. The van der Waals surface area contributed by atoms with Crippen molar-refractivity contribution in [2.75, 3.05) is 24.7 Å². The number of pyridine rings is 1. The van der Waals surface area contributed by atoms with Crippen LogP contribution in [0.15, 0.2) is 36.5 Å². The fourth-order valence-electron chi connectivity index (χ4n) is 2.36. The van der Waals surface area contributed by atoms with Crippen LogP contribution in [0.5, 0.6) is 0 Å². The Morgan fingerprint density at radius 3 is 2.71 bits per heavy atom. The number of thiazole rings is 1. The summed E-state index contributed by atoms with van der Waals surface area (Å²) < 4.78 is 0. The van der Waals surface area contributed by atoms with E-state index >= 15 is 0 Å². The zero-order valence-corrected chi connectivity index (χ0v) is 13.0. The van der Waals surface area contributed by atoms with Crippen molar-refractivity contribution in [1.82, 2.24) is 9.97 Å². The minimum absolute atomic E-state index is 0.958. The average molecular weight is 298 g/mol. The summed E-state index contributed by atoms with van der Waals surface area (Å²) >= 11 is 1.71. The fraction of sp³-hybridized carbons (Fsp3) is 0.250. The summed E-state index contributed by atoms with van der Waals surface area (Å²) in [7, 11) is 3.82. The number of aromatic nitrogens is 2. The minimum Gasteiger partial charge on any atom is -0.373 e. The van der Waals surface area contributed by atoms with Crippen molar-refractivity contribution < 1.29 is 0 Å². The van der Waals surface area contributed by atoms with Gasteiger partial charge >= 0.3 is 0 Å². The molecule has 2 N–H and O–H groups in total. The topological polar surface area (TPSA) is 49.8 Å². The van der Waals surface area contributed by atoms with E-state index in [9.17, 15) is 0 Å². The molecule has 0 bridgehead atoms. The van der Waals surface area contributed by atoms with Gasteiger partial charge in [-0.25, -0.2) is 9.97 Å². The average Bonchev–Trinajstić information content (AvgIpc) is 3.00. The number of nitrogens with zero attached hydrogens (tertiary/aromatic N) is 2. The molecule has 0 fully saturated rings. The largest absolute Gasteiger partial charge is 0.373 e. The van der Waals surface area contributed by atoms with Crippen molar-refractivity contribution in [3.63, 3.8) is 0 Å². The molecule has 2 heterocycles. The van der Waals surface area contributed by atoms with Crippen molar-refractivity contribution in [2.45, 2.75) is 12.8 Å². The number of hydrogen-bond acceptors (Lipinski definition) is 5. The lowest BCUT2D eigenvalue weighted by Gasteiger charge is -2.09. The number of fused-ring (bicyclic) bond motifs is 1. The van der Waals surface area contributed by atoms with Crippen molar-refractivity contribution in [3.8, 4) is 0 Å². The maximum Gasteiger partial charge on any atom is 0.182 e. The molecule has 3 aromatic rings. The van der Waals surface area contributed by atoms with Crippen molar-refractivity contribution >= 4 is 33.2 Å². The molecule has 0 unspecified atom stereocenters. The van der Waals surface area contributed by atoms with Crippen LogP contribution in [0.4, 0.5) is 10.9 Å². The van der Waals surface area contributed by atoms with Gasteiger partial charge in [0.15, 0.2) is 5.13 Å². The second kappa shape index (κ2) is 6.10. The molecule has 21 heavy (non-hydrogen) atoms. The Hall–Kier alpha value is -2.14. The van der Waals surface area contributed by atoms with Crippen molar-refractivity contribution in [1.29, 1.82) is 0 Å². The number of anilines is 2. The molecule has 0 aliphatic rings. The molecule has 1 aromatic carbocycles. The lowest BCUT2D eigenvalue weighted by atomic mass is 10.1. The highest BCUT2D eigenvalue weighted by molar-refractivity contribution is 7.15. The van der Waals surface area contributed by atoms with Gasteiger partial charge in [0.1, 0.15) is 5.82 Å². The zero-order chi connectivity index (χ0) is 14.7. The van der Waals surface area contributed by atoms with Crippen LogP contribution in [0.2, 0.25) is 0 Å². The monoisotopic (exact) mass is 298 g/mol. The number of para-hydroxylation sites is 1. The van der Waals surface area contributed by atoms with Crippen LogP contribution < -0.4 is 10.6 Å². The van der Waals surface area contributed by atoms with E-state index in [-0.39, 0.29) is 0 Å². The van der Waals surface area contributed by atoms with E-state index in [1.54, 1.807) is 11.3 Å². The van der Waals surface area contributed by atoms with Crippen LogP contribution in [-0.4, -0.2) is 24.1 Å². The third-order valence-electron chi connectivity index (χ3n) is 3.45. The first kappa shape index (κ1) is 13.8. The number of benzene rings is 1. The predicted molar refractivity (Wildman–Crippen MR) is 90.4 cm³/mol. The SMILES string of the molecule is CNc1ncc(CCc2cc3ccccc3nc2NC)s1. The Morgan fingerprint density at radius 2 is 1.95 bits per heavy atom. The van der Waals surface area contributed by atoms with Crippen LogP contribution in [0, 0.1) is 0 Å². The number of hydrogen-bond donors (Lipinski definition) is 2. The predicted octanol–water partition coefficient (Wildman–Crippen LogP) is 3.56. The minimum atomic E-state index is 0.958. The first-order valence-corrected chi connectivity index (χ1v) is 7.80. The normalized spacial score (nSPS) is 10.8. The molecule has 0 amide bonds. The molecule has 3 rings (SSSR count). The van der Waals surface area contributed by atoms with E-state index in [0.717, 1.165) is 29.3 Å². The first-order valence-electron chi connectivity index (χ1n) is 6.99. The lowest BCUT2D eigenvalue weighted by molar-refractivity contribution is 0.971. The quantitative estimate of drug-likeness (QED) is 0.756. The Labute approximate surface area is 128 Å². The maximum atomic E-state index is 4.69. The summed E-state index contributed by atoms with van der Waals surface area (Å²) in [5.74, 6) is 0.965. The molecule has 0 radical (unpaired) electrons. The van der Waals surface area contributed by atoms with Gasteiger partial charge in [-0.1, -0.05) is 18.2 Å². The highest BCUT2D eigenvalue weighted by Gasteiger charge is 2.07. The molecule has 0 spiro atoms. The maximum absolute atomic E-state index is 4.69. The van der Waals surface area contributed by atoms with Crippen LogP contribution in [0.3, 0.4) is 0 Å². The van der Waals surface area contributed by atoms with Crippen LogP contribution in [-0.2, 0) is 12.8 Å². The summed E-state index contributed by atoms with van der Waals surface area (Å²) in [5, 5.41) is 8.43. The van der Waals surface area contributed by atoms with Gasteiger partial charge in [0.2, 0.25) is 0 Å². The van der Waals surface area contributed by atoms with Gasteiger partial charge in [0.05, 0.1) is 5.52 Å². The van der Waals surface area contributed by atoms with Gasteiger partial charge in [-0.3, -0.25) is 0 Å². The molecular weight excluding hydrogens is 280 g/mol. The van der Waals surface area contributed by atoms with E-state index in [4.69, 9.17) is 4.98 Å². The van der Waals surface area contributed by atoms with Gasteiger partial charge in [0, 0.05) is 30.6 Å². The van der Waals surface area contributed by atoms with E-state index in [2.05, 4.69) is 33.8 Å². The Morgan fingerprint density at radius 1 is 1.10 bits per heavy atom. The molecule has 5 heteroatoms. The summed E-state index contributed by atoms with van der Waals surface area (Å²) in [4.78, 5) is 10.3. The standard InChI is InChI=1S/C16H18N4S/c1-17-15-12(7-8-13-10-19-16(18-2)21-13)9-11-5-3-4-6-14(11)20-15/h3-6,9-10H,7-8H2,1-2H3,(H,17,20)(H,18,19). The highest BCUT2D eigenvalue weighted by Crippen LogP contribution is 2.24. The first-order chi connectivity index (χ1) is 10.3. The molecule has 0 aliphatic heterocycles. The van der Waals surface area contributed by atoms with Gasteiger partial charge < -0.3 is 10.6 Å². The smallest absolute Gasteiger partial charge is 0.182 e. The van der Waals surface area contributed by atoms with Gasteiger partial charge in [-0.05, 0) is 30.5 Å². The third kappa shape index (κ3) is 2.97. The number of nitrogens with one attached hydrogen (secondary N) is 2. The van der Waals surface area contributed by atoms with Gasteiger partial charge in [-0.2, -0.15) is 0 Å². The highest BCUT2D eigenvalue weighted by atomic mass is 32.1. The van der Waals surface area contributed by atoms with Gasteiger partial charge in [0.25, 0.3) is 0 Å². The second-order valence-corrected chi connectivity index (χ2v) is 5.94. The van der Waals surface area contributed by atoms with E-state index < -0.39 is 0 Å². The lowest BCUT2D eigenvalue weighted by Crippen LogP contribution is -2.00. The van der Waals surface area contributed by atoms with E-state index in [1.165, 1.54) is 15.8 Å². The van der Waals surface area contributed by atoms with Crippen molar-refractivity contribution in [2.24, 2.45) is 0 Å². The Balaban J connectivity index is 1.85. The Kier molecular flexibility index (Phi) is 4.01. The van der Waals surface area contributed by atoms with Gasteiger partial charge in [-0.15, -0.1) is 11.3 Å². The summed E-state index contributed by atoms with van der Waals surface area (Å²) in [6.45, 7) is 0. The van der Waals surface area contributed by atoms with Crippen molar-refractivity contribution in [3.05, 3.63) is 47.0 Å². The molecule has 0 saturated carbocycles. The number of rotatable bonds is 5. The van der Waals surface area contributed by atoms with E-state index in [1.807, 2.05) is 32.4 Å². The van der Waals surface area contributed by atoms with Crippen LogP contribution in [0.25, 0.3) is 10.9 Å². The summed E-state index contributed by atoms with van der Waals surface area (Å²) in [6.07, 6.45) is 3.89. The molecule has 0 saturated heterocycles. The zero-order valence-electron chi connectivity index (χ0n) is 12.2. The van der Waals surface area contributed by atoms with Crippen LogP contribution >= 0.6 is 11.3 Å². The Bertz CT molecular complexity index is 751. The molecule has 0 atom stereocenters. The second-order valence-electron chi connectivity index (χ2n) is 4.82. The number of aryl methyl sites for hydroxylation is 2. The molecular formula is C16H18N4S. The fourth-order valence-corrected chi connectivity index (χ4v) is 3.13. The van der Waals surface area contributed by atoms with E-state index in [0.29, 0.717) is 0 Å². The molecule has 4 nitrogen and oxygen atoms in total. The summed E-state index contributed by atoms with van der Waals surface area (Å²) in [6, 6.07) is 10.5. The molecule has 2 aromatic heterocycles. The summed E-state index contributed by atoms with van der Waals surface area (Å²) in [5.41, 5.74) is 2.27. The van der Waals surface area contributed by atoms with Crippen LogP contribution in [0.1, 0.15) is 10.4 Å². The molecule has 108 valence electrons. The third-order valence-corrected chi connectivity index (χ3v) is 4.52.